The van der Waals surface area contributed by atoms with E-state index in [4.69, 9.17) is 11.0 Å². The Bertz CT molecular complexity index is 782. The molecule has 7 heteroatoms. The standard InChI is InChI=1S/C21H25F3N4/c1-3-5-16(14-25)13-20(26)27(2)19-8-10-28(11-9-19)15-17-6-4-7-18(12-17)21(22,23)24/h3-7,12-13,19H,1,8-11,15,26H2,2H3/b16-5+,20-13+. The van der Waals surface area contributed by atoms with Gasteiger partial charge >= 0.3 is 6.18 Å². The number of nitrogens with two attached hydrogens (primary N) is 1. The summed E-state index contributed by atoms with van der Waals surface area (Å²) in [6.45, 7) is 5.61. The number of nitrogens with zero attached hydrogens (tertiary/aromatic N) is 3. The number of likely N-dealkylation sites (tertiary alicyclic amines) is 1. The molecule has 1 heterocycles. The fraction of sp³-hybridized carbons (Fsp3) is 0.381. The molecule has 0 radical (unpaired) electrons. The van der Waals surface area contributed by atoms with Crippen molar-refractivity contribution in [3.63, 3.8) is 0 Å². The Hall–Kier alpha value is -2.72. The van der Waals surface area contributed by atoms with Gasteiger partial charge in [-0.15, -0.1) is 0 Å². The summed E-state index contributed by atoms with van der Waals surface area (Å²) in [5.74, 6) is 0.506. The molecule has 4 nitrogen and oxygen atoms in total. The predicted octanol–water partition coefficient (Wildman–Crippen LogP) is 4.04. The molecule has 1 saturated heterocycles. The van der Waals surface area contributed by atoms with Gasteiger partial charge in [-0.3, -0.25) is 4.90 Å². The second-order valence-electron chi connectivity index (χ2n) is 6.86. The van der Waals surface area contributed by atoms with Crippen LogP contribution in [-0.4, -0.2) is 36.0 Å². The zero-order valence-electron chi connectivity index (χ0n) is 15.9. The second-order valence-corrected chi connectivity index (χ2v) is 6.86. The minimum Gasteiger partial charge on any atom is -0.385 e. The summed E-state index contributed by atoms with van der Waals surface area (Å²) in [7, 11) is 1.89. The summed E-state index contributed by atoms with van der Waals surface area (Å²) >= 11 is 0. The first-order valence-corrected chi connectivity index (χ1v) is 9.06. The Morgan fingerprint density at radius 1 is 1.39 bits per heavy atom. The van der Waals surface area contributed by atoms with Crippen molar-refractivity contribution >= 4 is 0 Å². The highest BCUT2D eigenvalue weighted by atomic mass is 19.4. The lowest BCUT2D eigenvalue weighted by atomic mass is 10.0. The molecular weight excluding hydrogens is 365 g/mol. The van der Waals surface area contributed by atoms with E-state index in [1.807, 2.05) is 11.9 Å². The average Bonchev–Trinajstić information content (AvgIpc) is 2.67. The van der Waals surface area contributed by atoms with E-state index in [1.54, 1.807) is 18.2 Å². The average molecular weight is 390 g/mol. The lowest BCUT2D eigenvalue weighted by Crippen LogP contribution is -2.44. The third-order valence-corrected chi connectivity index (χ3v) is 4.90. The zero-order chi connectivity index (χ0) is 20.7. The Kier molecular flexibility index (Phi) is 7.30. The number of rotatable bonds is 6. The van der Waals surface area contributed by atoms with Crippen LogP contribution in [0.2, 0.25) is 0 Å². The van der Waals surface area contributed by atoms with Gasteiger partial charge < -0.3 is 10.6 Å². The van der Waals surface area contributed by atoms with Crippen molar-refractivity contribution in [2.75, 3.05) is 20.1 Å². The molecule has 0 saturated carbocycles. The number of piperidine rings is 1. The van der Waals surface area contributed by atoms with Crippen LogP contribution in [0.5, 0.6) is 0 Å². The third kappa shape index (κ3) is 5.89. The maximum atomic E-state index is 12.9. The van der Waals surface area contributed by atoms with Crippen LogP contribution in [0.3, 0.4) is 0 Å². The number of hydrogen-bond donors (Lipinski definition) is 1. The molecule has 2 rings (SSSR count). The van der Waals surface area contributed by atoms with Gasteiger partial charge in [0.15, 0.2) is 0 Å². The third-order valence-electron chi connectivity index (χ3n) is 4.90. The van der Waals surface area contributed by atoms with Crippen LogP contribution in [-0.2, 0) is 12.7 Å². The molecule has 0 atom stereocenters. The normalized spacial score (nSPS) is 17.2. The summed E-state index contributed by atoms with van der Waals surface area (Å²) in [5.41, 5.74) is 6.59. The van der Waals surface area contributed by atoms with Gasteiger partial charge in [0, 0.05) is 32.7 Å². The molecule has 1 aromatic carbocycles. The van der Waals surface area contributed by atoms with Crippen molar-refractivity contribution in [1.29, 1.82) is 5.26 Å². The van der Waals surface area contributed by atoms with Crippen LogP contribution < -0.4 is 5.73 Å². The molecule has 150 valence electrons. The molecule has 0 spiro atoms. The minimum atomic E-state index is -4.32. The van der Waals surface area contributed by atoms with E-state index in [-0.39, 0.29) is 6.04 Å². The first-order chi connectivity index (χ1) is 13.2. The van der Waals surface area contributed by atoms with Gasteiger partial charge in [-0.05, 0) is 36.6 Å². The number of allylic oxidation sites excluding steroid dienone is 4. The zero-order valence-corrected chi connectivity index (χ0v) is 15.9. The topological polar surface area (TPSA) is 56.3 Å². The van der Waals surface area contributed by atoms with Crippen molar-refractivity contribution in [3.05, 3.63) is 71.6 Å². The molecule has 0 aromatic heterocycles. The molecular formula is C21H25F3N4. The minimum absolute atomic E-state index is 0.220. The first-order valence-electron chi connectivity index (χ1n) is 9.06. The van der Waals surface area contributed by atoms with Gasteiger partial charge in [0.25, 0.3) is 0 Å². The molecule has 0 amide bonds. The van der Waals surface area contributed by atoms with E-state index >= 15 is 0 Å². The number of hydrogen-bond acceptors (Lipinski definition) is 4. The van der Waals surface area contributed by atoms with Gasteiger partial charge in [0.1, 0.15) is 0 Å². The Morgan fingerprint density at radius 3 is 2.64 bits per heavy atom. The largest absolute Gasteiger partial charge is 0.416 e. The van der Waals surface area contributed by atoms with Gasteiger partial charge in [0.2, 0.25) is 0 Å². The molecule has 0 aliphatic carbocycles. The van der Waals surface area contributed by atoms with E-state index in [9.17, 15) is 13.2 Å². The van der Waals surface area contributed by atoms with E-state index in [0.717, 1.165) is 32.0 Å². The summed E-state index contributed by atoms with van der Waals surface area (Å²) in [5, 5.41) is 9.08. The van der Waals surface area contributed by atoms with E-state index in [0.29, 0.717) is 23.5 Å². The van der Waals surface area contributed by atoms with E-state index in [1.165, 1.54) is 18.2 Å². The summed E-state index contributed by atoms with van der Waals surface area (Å²) in [4.78, 5) is 4.11. The second kappa shape index (κ2) is 9.47. The first kappa shape index (κ1) is 21.6. The molecule has 1 aromatic rings. The molecule has 0 unspecified atom stereocenters. The van der Waals surface area contributed by atoms with Gasteiger partial charge in [-0.2, -0.15) is 18.4 Å². The number of benzene rings is 1. The Morgan fingerprint density at radius 2 is 2.07 bits per heavy atom. The number of alkyl halides is 3. The van der Waals surface area contributed by atoms with Gasteiger partial charge in [0.05, 0.1) is 23.0 Å². The van der Waals surface area contributed by atoms with E-state index < -0.39 is 11.7 Å². The van der Waals surface area contributed by atoms with Gasteiger partial charge in [-0.25, -0.2) is 0 Å². The Labute approximate surface area is 164 Å². The highest BCUT2D eigenvalue weighted by Gasteiger charge is 2.30. The Balaban J connectivity index is 1.94. The van der Waals surface area contributed by atoms with Crippen molar-refractivity contribution in [1.82, 2.24) is 9.80 Å². The fourth-order valence-electron chi connectivity index (χ4n) is 3.29. The highest BCUT2D eigenvalue weighted by molar-refractivity contribution is 5.37. The lowest BCUT2D eigenvalue weighted by Gasteiger charge is -2.37. The monoisotopic (exact) mass is 390 g/mol. The summed E-state index contributed by atoms with van der Waals surface area (Å²) in [6, 6.07) is 7.77. The number of halogens is 3. The van der Waals surface area contributed by atoms with Crippen molar-refractivity contribution in [3.8, 4) is 6.07 Å². The molecule has 28 heavy (non-hydrogen) atoms. The maximum absolute atomic E-state index is 12.9. The summed E-state index contributed by atoms with van der Waals surface area (Å²) in [6.07, 6.45) is 2.12. The molecule has 0 bridgehead atoms. The maximum Gasteiger partial charge on any atom is 0.416 e. The fourth-order valence-corrected chi connectivity index (χ4v) is 3.29. The van der Waals surface area contributed by atoms with Crippen LogP contribution in [0.15, 0.2) is 60.5 Å². The molecule has 1 fully saturated rings. The van der Waals surface area contributed by atoms with Crippen LogP contribution in [0.4, 0.5) is 13.2 Å². The van der Waals surface area contributed by atoms with Crippen molar-refractivity contribution in [2.24, 2.45) is 5.73 Å². The molecule has 2 N–H and O–H groups in total. The smallest absolute Gasteiger partial charge is 0.385 e. The van der Waals surface area contributed by atoms with Crippen LogP contribution in [0.1, 0.15) is 24.0 Å². The molecule has 1 aliphatic rings. The quantitative estimate of drug-likeness (QED) is 0.588. The summed E-state index contributed by atoms with van der Waals surface area (Å²) < 4.78 is 38.6. The van der Waals surface area contributed by atoms with Gasteiger partial charge in [-0.1, -0.05) is 30.9 Å². The van der Waals surface area contributed by atoms with E-state index in [2.05, 4.69) is 17.5 Å². The van der Waals surface area contributed by atoms with Crippen LogP contribution >= 0.6 is 0 Å². The SMILES string of the molecule is C=C/C=C(C#N)\C=C(/N)N(C)C1CCN(Cc2cccc(C(F)(F)F)c2)CC1. The number of nitriles is 1. The molecule has 1 aliphatic heterocycles. The van der Waals surface area contributed by atoms with Crippen LogP contribution in [0, 0.1) is 11.3 Å². The van der Waals surface area contributed by atoms with Crippen molar-refractivity contribution < 1.29 is 13.2 Å². The highest BCUT2D eigenvalue weighted by Crippen LogP contribution is 2.30. The lowest BCUT2D eigenvalue weighted by molar-refractivity contribution is -0.137. The van der Waals surface area contributed by atoms with Crippen LogP contribution in [0.25, 0.3) is 0 Å². The predicted molar refractivity (Wildman–Crippen MR) is 104 cm³/mol. The van der Waals surface area contributed by atoms with Crippen molar-refractivity contribution in [2.45, 2.75) is 31.6 Å².